The van der Waals surface area contributed by atoms with Crippen molar-refractivity contribution < 1.29 is 18.0 Å². The number of carbonyl (C=O) groups excluding carboxylic acids is 1. The van der Waals surface area contributed by atoms with Crippen LogP contribution in [0.3, 0.4) is 0 Å². The molecular weight excluding hydrogens is 436 g/mol. The number of likely N-dealkylation sites (tertiary alicyclic amines) is 1. The van der Waals surface area contributed by atoms with Gasteiger partial charge in [-0.25, -0.2) is 13.8 Å². The molecule has 2 aromatic carbocycles. The van der Waals surface area contributed by atoms with Crippen LogP contribution >= 0.6 is 0 Å². The molecule has 1 aromatic heterocycles. The highest BCUT2D eigenvalue weighted by Crippen LogP contribution is 2.27. The summed E-state index contributed by atoms with van der Waals surface area (Å²) in [5, 5.41) is 2.90. The van der Waals surface area contributed by atoms with Crippen LogP contribution in [0.15, 0.2) is 53.1 Å². The maximum Gasteiger partial charge on any atom is 0.220 e. The number of halogens is 2. The van der Waals surface area contributed by atoms with Gasteiger partial charge >= 0.3 is 0 Å². The van der Waals surface area contributed by atoms with Crippen LogP contribution in [0, 0.1) is 23.5 Å². The number of aromatic nitrogens is 1. The fourth-order valence-electron chi connectivity index (χ4n) is 4.73. The van der Waals surface area contributed by atoms with Crippen molar-refractivity contribution in [2.24, 2.45) is 11.8 Å². The van der Waals surface area contributed by atoms with Crippen LogP contribution < -0.4 is 5.32 Å². The molecule has 0 spiro atoms. The topological polar surface area (TPSA) is 58.4 Å². The van der Waals surface area contributed by atoms with Gasteiger partial charge in [-0.1, -0.05) is 44.2 Å². The van der Waals surface area contributed by atoms with Gasteiger partial charge in [0.15, 0.2) is 11.7 Å². The van der Waals surface area contributed by atoms with E-state index in [0.29, 0.717) is 6.54 Å². The van der Waals surface area contributed by atoms with Crippen molar-refractivity contribution in [3.8, 4) is 11.3 Å². The lowest BCUT2D eigenvalue weighted by Crippen LogP contribution is -2.38. The van der Waals surface area contributed by atoms with Crippen LogP contribution in [0.25, 0.3) is 11.3 Å². The predicted molar refractivity (Wildman–Crippen MR) is 127 cm³/mol. The third kappa shape index (κ3) is 6.29. The van der Waals surface area contributed by atoms with E-state index in [1.165, 1.54) is 24.2 Å². The SMILES string of the molecule is CC1CC(C)CN(Cc2ccc(CNC(=O)CCc3ncc(-c4c(F)cccc4F)o3)cc2)C1. The molecule has 4 rings (SSSR count). The standard InChI is InChI=1S/C27H31F2N3O2/c1-18-12-19(2)16-32(15-18)17-21-8-6-20(7-9-21)13-30-25(33)10-11-26-31-14-24(34-26)27-22(28)4-3-5-23(27)29/h3-9,14,18-19H,10-13,15-17H2,1-2H3,(H,30,33). The number of carbonyl (C=O) groups is 1. The molecule has 2 unspecified atom stereocenters. The summed E-state index contributed by atoms with van der Waals surface area (Å²) in [6.07, 6.45) is 2.99. The highest BCUT2D eigenvalue weighted by Gasteiger charge is 2.21. The number of nitrogens with one attached hydrogen (secondary N) is 1. The quantitative estimate of drug-likeness (QED) is 0.485. The first-order valence-electron chi connectivity index (χ1n) is 11.8. The van der Waals surface area contributed by atoms with Crippen molar-refractivity contribution >= 4 is 5.91 Å². The summed E-state index contributed by atoms with van der Waals surface area (Å²) < 4.78 is 33.3. The molecule has 2 atom stereocenters. The van der Waals surface area contributed by atoms with Crippen molar-refractivity contribution in [3.63, 3.8) is 0 Å². The largest absolute Gasteiger partial charge is 0.441 e. The van der Waals surface area contributed by atoms with Crippen molar-refractivity contribution in [1.29, 1.82) is 0 Å². The molecule has 180 valence electrons. The summed E-state index contributed by atoms with van der Waals surface area (Å²) in [6.45, 7) is 8.31. The Balaban J connectivity index is 1.23. The molecule has 34 heavy (non-hydrogen) atoms. The summed E-state index contributed by atoms with van der Waals surface area (Å²) in [5.41, 5.74) is 2.06. The van der Waals surface area contributed by atoms with Gasteiger partial charge in [0.1, 0.15) is 11.6 Å². The lowest BCUT2D eigenvalue weighted by molar-refractivity contribution is -0.121. The zero-order valence-electron chi connectivity index (χ0n) is 19.7. The molecule has 1 saturated heterocycles. The van der Waals surface area contributed by atoms with E-state index >= 15 is 0 Å². The highest BCUT2D eigenvalue weighted by molar-refractivity contribution is 5.76. The molecule has 0 saturated carbocycles. The van der Waals surface area contributed by atoms with Gasteiger partial charge in [-0.05, 0) is 41.5 Å². The van der Waals surface area contributed by atoms with E-state index in [0.717, 1.165) is 49.2 Å². The van der Waals surface area contributed by atoms with Crippen LogP contribution in [0.2, 0.25) is 0 Å². The van der Waals surface area contributed by atoms with E-state index < -0.39 is 11.6 Å². The Bertz CT molecular complexity index is 1080. The number of piperidine rings is 1. The molecule has 0 aliphatic carbocycles. The third-order valence-corrected chi connectivity index (χ3v) is 6.19. The summed E-state index contributed by atoms with van der Waals surface area (Å²) in [6, 6.07) is 12.0. The average Bonchev–Trinajstić information content (AvgIpc) is 3.25. The Kier molecular flexibility index (Phi) is 7.73. The van der Waals surface area contributed by atoms with E-state index in [2.05, 4.69) is 53.3 Å². The van der Waals surface area contributed by atoms with Gasteiger partial charge in [0.2, 0.25) is 5.91 Å². The minimum Gasteiger partial charge on any atom is -0.441 e. The van der Waals surface area contributed by atoms with Gasteiger partial charge in [-0.2, -0.15) is 0 Å². The maximum atomic E-state index is 13.9. The molecule has 2 heterocycles. The average molecular weight is 468 g/mol. The Labute approximate surface area is 199 Å². The summed E-state index contributed by atoms with van der Waals surface area (Å²) in [7, 11) is 0. The second-order valence-corrected chi connectivity index (χ2v) is 9.45. The second-order valence-electron chi connectivity index (χ2n) is 9.45. The van der Waals surface area contributed by atoms with Crippen molar-refractivity contribution in [1.82, 2.24) is 15.2 Å². The summed E-state index contributed by atoms with van der Waals surface area (Å²) in [5.74, 6) is 0.178. The number of hydrogen-bond acceptors (Lipinski definition) is 4. The molecule has 1 aliphatic heterocycles. The number of rotatable bonds is 8. The fourth-order valence-corrected chi connectivity index (χ4v) is 4.73. The second kappa shape index (κ2) is 10.9. The normalized spacial score (nSPS) is 18.7. The van der Waals surface area contributed by atoms with Gasteiger partial charge in [-0.3, -0.25) is 9.69 Å². The van der Waals surface area contributed by atoms with Gasteiger partial charge in [0, 0.05) is 39.0 Å². The molecule has 5 nitrogen and oxygen atoms in total. The number of benzene rings is 2. The predicted octanol–water partition coefficient (Wildman–Crippen LogP) is 5.35. The smallest absolute Gasteiger partial charge is 0.220 e. The molecule has 0 radical (unpaired) electrons. The van der Waals surface area contributed by atoms with Gasteiger partial charge in [0.25, 0.3) is 0 Å². The number of nitrogens with zero attached hydrogens (tertiary/aromatic N) is 2. The minimum absolute atomic E-state index is 0.0135. The zero-order chi connectivity index (χ0) is 24.1. The van der Waals surface area contributed by atoms with Crippen LogP contribution in [-0.4, -0.2) is 28.9 Å². The first-order chi connectivity index (χ1) is 16.4. The van der Waals surface area contributed by atoms with E-state index in [9.17, 15) is 13.6 Å². The van der Waals surface area contributed by atoms with Gasteiger partial charge < -0.3 is 9.73 Å². The van der Waals surface area contributed by atoms with E-state index in [-0.39, 0.29) is 36.0 Å². The van der Waals surface area contributed by atoms with Crippen molar-refractivity contribution in [2.75, 3.05) is 13.1 Å². The minimum atomic E-state index is -0.716. The lowest BCUT2D eigenvalue weighted by atomic mass is 9.91. The number of oxazole rings is 1. The van der Waals surface area contributed by atoms with Crippen LogP contribution in [0.1, 0.15) is 43.7 Å². The Morgan fingerprint density at radius 1 is 1.06 bits per heavy atom. The summed E-state index contributed by atoms with van der Waals surface area (Å²) in [4.78, 5) is 18.8. The molecule has 0 bridgehead atoms. The summed E-state index contributed by atoms with van der Waals surface area (Å²) >= 11 is 0. The van der Waals surface area contributed by atoms with Crippen LogP contribution in [-0.2, 0) is 24.3 Å². The Morgan fingerprint density at radius 2 is 1.71 bits per heavy atom. The number of hydrogen-bond donors (Lipinski definition) is 1. The van der Waals surface area contributed by atoms with Crippen molar-refractivity contribution in [3.05, 3.63) is 77.3 Å². The number of amides is 1. The number of aryl methyl sites for hydroxylation is 1. The fraction of sp³-hybridized carbons (Fsp3) is 0.407. The van der Waals surface area contributed by atoms with Crippen LogP contribution in [0.4, 0.5) is 8.78 Å². The zero-order valence-corrected chi connectivity index (χ0v) is 19.7. The maximum absolute atomic E-state index is 13.9. The first kappa shape index (κ1) is 24.1. The van der Waals surface area contributed by atoms with Crippen molar-refractivity contribution in [2.45, 2.75) is 46.2 Å². The van der Waals surface area contributed by atoms with E-state index in [1.807, 2.05) is 0 Å². The van der Waals surface area contributed by atoms with Crippen LogP contribution in [0.5, 0.6) is 0 Å². The van der Waals surface area contributed by atoms with Gasteiger partial charge in [-0.15, -0.1) is 0 Å². The molecule has 3 aromatic rings. The molecule has 1 amide bonds. The molecule has 7 heteroatoms. The monoisotopic (exact) mass is 467 g/mol. The highest BCUT2D eigenvalue weighted by atomic mass is 19.1. The molecule has 1 N–H and O–H groups in total. The van der Waals surface area contributed by atoms with E-state index in [4.69, 9.17) is 4.42 Å². The molecule has 1 aliphatic rings. The Morgan fingerprint density at radius 3 is 2.38 bits per heavy atom. The molecule has 1 fully saturated rings. The Hall–Kier alpha value is -3.06. The van der Waals surface area contributed by atoms with Gasteiger partial charge in [0.05, 0.1) is 11.8 Å². The third-order valence-electron chi connectivity index (χ3n) is 6.19. The lowest BCUT2D eigenvalue weighted by Gasteiger charge is -2.35. The van der Waals surface area contributed by atoms with E-state index in [1.54, 1.807) is 0 Å². The molecular formula is C27H31F2N3O2. The first-order valence-corrected chi connectivity index (χ1v) is 11.8.